The predicted octanol–water partition coefficient (Wildman–Crippen LogP) is 3.87. The Bertz CT molecular complexity index is 673. The van der Waals surface area contributed by atoms with Crippen LogP contribution in [0.15, 0.2) is 34.8 Å². The molecule has 2 aromatic carbocycles. The summed E-state index contributed by atoms with van der Waals surface area (Å²) in [6.07, 6.45) is 0.845. The summed E-state index contributed by atoms with van der Waals surface area (Å²) in [5.74, 6) is -1.08. The van der Waals surface area contributed by atoms with Crippen LogP contribution in [0, 0.1) is 11.6 Å². The third-order valence-electron chi connectivity index (χ3n) is 3.61. The first-order valence-corrected chi connectivity index (χ1v) is 7.12. The molecule has 2 N–H and O–H groups in total. The number of rotatable bonds is 2. The monoisotopic (exact) mass is 338 g/mol. The Morgan fingerprint density at radius 3 is 2.80 bits per heavy atom. The second-order valence-electron chi connectivity index (χ2n) is 4.85. The molecule has 0 aliphatic carbocycles. The van der Waals surface area contributed by atoms with Crippen molar-refractivity contribution < 1.29 is 8.78 Å². The molecule has 0 radical (unpaired) electrons. The number of fused-ring (bicyclic) bond motifs is 1. The SMILES string of the molecule is Nc1cccc2c1N(Cc1c(F)ccc(Br)c1F)CC2. The lowest BCUT2D eigenvalue weighted by molar-refractivity contribution is 0.547. The summed E-state index contributed by atoms with van der Waals surface area (Å²) in [6.45, 7) is 0.896. The van der Waals surface area contributed by atoms with E-state index in [0.717, 1.165) is 24.2 Å². The van der Waals surface area contributed by atoms with Gasteiger partial charge in [0.25, 0.3) is 0 Å². The predicted molar refractivity (Wildman–Crippen MR) is 79.7 cm³/mol. The fraction of sp³-hybridized carbons (Fsp3) is 0.200. The highest BCUT2D eigenvalue weighted by atomic mass is 79.9. The van der Waals surface area contributed by atoms with Crippen molar-refractivity contribution in [1.29, 1.82) is 0 Å². The van der Waals surface area contributed by atoms with Crippen molar-refractivity contribution in [1.82, 2.24) is 0 Å². The van der Waals surface area contributed by atoms with Crippen molar-refractivity contribution >= 4 is 27.3 Å². The third-order valence-corrected chi connectivity index (χ3v) is 4.22. The first kappa shape index (κ1) is 13.4. The zero-order valence-corrected chi connectivity index (χ0v) is 12.3. The van der Waals surface area contributed by atoms with Crippen LogP contribution in [0.25, 0.3) is 0 Å². The second kappa shape index (κ2) is 5.05. The maximum atomic E-state index is 14.0. The van der Waals surface area contributed by atoms with Crippen LogP contribution in [0.5, 0.6) is 0 Å². The number of anilines is 2. The molecular formula is C15H13BrF2N2. The van der Waals surface area contributed by atoms with Crippen molar-refractivity contribution in [3.05, 3.63) is 57.6 Å². The van der Waals surface area contributed by atoms with Gasteiger partial charge >= 0.3 is 0 Å². The summed E-state index contributed by atoms with van der Waals surface area (Å²) in [4.78, 5) is 1.93. The Morgan fingerprint density at radius 2 is 2.00 bits per heavy atom. The Morgan fingerprint density at radius 1 is 1.20 bits per heavy atom. The van der Waals surface area contributed by atoms with Crippen LogP contribution in [-0.4, -0.2) is 6.54 Å². The van der Waals surface area contributed by atoms with Crippen LogP contribution < -0.4 is 10.6 Å². The Labute approximate surface area is 124 Å². The maximum absolute atomic E-state index is 14.0. The smallest absolute Gasteiger partial charge is 0.145 e. The van der Waals surface area contributed by atoms with Crippen LogP contribution in [0.1, 0.15) is 11.1 Å². The third kappa shape index (κ3) is 2.16. The Balaban J connectivity index is 1.98. The first-order chi connectivity index (χ1) is 9.58. The number of hydrogen-bond donors (Lipinski definition) is 1. The quantitative estimate of drug-likeness (QED) is 0.665. The highest BCUT2D eigenvalue weighted by molar-refractivity contribution is 9.10. The van der Waals surface area contributed by atoms with Gasteiger partial charge in [0.05, 0.1) is 15.8 Å². The van der Waals surface area contributed by atoms with Crippen molar-refractivity contribution in [2.75, 3.05) is 17.2 Å². The van der Waals surface area contributed by atoms with E-state index in [9.17, 15) is 8.78 Å². The average molecular weight is 339 g/mol. The van der Waals surface area contributed by atoms with Crippen molar-refractivity contribution in [3.8, 4) is 0 Å². The summed E-state index contributed by atoms with van der Waals surface area (Å²) in [5, 5.41) is 0. The summed E-state index contributed by atoms with van der Waals surface area (Å²) in [6, 6.07) is 8.36. The van der Waals surface area contributed by atoms with Gasteiger partial charge in [-0.25, -0.2) is 8.78 Å². The van der Waals surface area contributed by atoms with E-state index in [2.05, 4.69) is 15.9 Å². The molecule has 3 rings (SSSR count). The van der Waals surface area contributed by atoms with Crippen molar-refractivity contribution in [3.63, 3.8) is 0 Å². The number of nitrogens with two attached hydrogens (primary N) is 1. The molecule has 2 nitrogen and oxygen atoms in total. The molecule has 104 valence electrons. The molecule has 0 saturated carbocycles. The number of para-hydroxylation sites is 1. The summed E-state index contributed by atoms with van der Waals surface area (Å²) < 4.78 is 28.2. The van der Waals surface area contributed by atoms with E-state index in [0.29, 0.717) is 5.69 Å². The first-order valence-electron chi connectivity index (χ1n) is 6.32. The lowest BCUT2D eigenvalue weighted by Crippen LogP contribution is -2.22. The Kier molecular flexibility index (Phi) is 3.38. The molecule has 0 spiro atoms. The van der Waals surface area contributed by atoms with Crippen molar-refractivity contribution in [2.24, 2.45) is 0 Å². The highest BCUT2D eigenvalue weighted by Gasteiger charge is 2.24. The molecule has 20 heavy (non-hydrogen) atoms. The lowest BCUT2D eigenvalue weighted by Gasteiger charge is -2.21. The minimum atomic E-state index is -0.548. The molecule has 0 bridgehead atoms. The fourth-order valence-electron chi connectivity index (χ4n) is 2.63. The van der Waals surface area contributed by atoms with Gasteiger partial charge in [-0.15, -0.1) is 0 Å². The minimum absolute atomic E-state index is 0.0653. The van der Waals surface area contributed by atoms with Crippen molar-refractivity contribution in [2.45, 2.75) is 13.0 Å². The van der Waals surface area contributed by atoms with E-state index in [1.165, 1.54) is 12.1 Å². The van der Waals surface area contributed by atoms with Crippen LogP contribution in [0.3, 0.4) is 0 Å². The van der Waals surface area contributed by atoms with Gasteiger partial charge in [-0.1, -0.05) is 12.1 Å². The number of nitrogens with zero attached hydrogens (tertiary/aromatic N) is 1. The molecule has 1 aliphatic heterocycles. The van der Waals surface area contributed by atoms with Gasteiger partial charge in [0.2, 0.25) is 0 Å². The standard InChI is InChI=1S/C15H13BrF2N2/c16-11-4-5-12(17)10(14(11)18)8-20-7-6-9-2-1-3-13(19)15(9)20/h1-5H,6-8,19H2. The zero-order chi connectivity index (χ0) is 14.3. The van der Waals surface area contributed by atoms with Gasteiger partial charge < -0.3 is 10.6 Å². The molecule has 1 aliphatic rings. The average Bonchev–Trinajstić information content (AvgIpc) is 2.84. The molecule has 1 heterocycles. The van der Waals surface area contributed by atoms with Gasteiger partial charge in [0, 0.05) is 18.7 Å². The summed E-state index contributed by atoms with van der Waals surface area (Å²) in [7, 11) is 0. The molecule has 0 saturated heterocycles. The molecule has 0 atom stereocenters. The number of halogens is 3. The normalized spacial score (nSPS) is 13.7. The van der Waals surface area contributed by atoms with Gasteiger partial charge in [-0.05, 0) is 46.1 Å². The van der Waals surface area contributed by atoms with E-state index in [1.807, 2.05) is 23.1 Å². The topological polar surface area (TPSA) is 29.3 Å². The summed E-state index contributed by atoms with van der Waals surface area (Å²) in [5.41, 5.74) is 8.72. The number of benzene rings is 2. The van der Waals surface area contributed by atoms with Crippen LogP contribution in [0.4, 0.5) is 20.2 Å². The van der Waals surface area contributed by atoms with E-state index >= 15 is 0 Å². The van der Waals surface area contributed by atoms with Gasteiger partial charge in [-0.2, -0.15) is 0 Å². The molecular weight excluding hydrogens is 326 g/mol. The van der Waals surface area contributed by atoms with E-state index in [-0.39, 0.29) is 16.6 Å². The molecule has 0 aromatic heterocycles. The van der Waals surface area contributed by atoms with Gasteiger partial charge in [0.1, 0.15) is 11.6 Å². The Hall–Kier alpha value is -1.62. The molecule has 0 amide bonds. The molecule has 0 unspecified atom stereocenters. The molecule has 5 heteroatoms. The van der Waals surface area contributed by atoms with Crippen LogP contribution in [-0.2, 0) is 13.0 Å². The molecule has 0 fully saturated rings. The van der Waals surface area contributed by atoms with Gasteiger partial charge in [-0.3, -0.25) is 0 Å². The van der Waals surface area contributed by atoms with E-state index in [1.54, 1.807) is 0 Å². The van der Waals surface area contributed by atoms with E-state index < -0.39 is 11.6 Å². The highest BCUT2D eigenvalue weighted by Crippen LogP contribution is 2.35. The fourth-order valence-corrected chi connectivity index (χ4v) is 3.00. The minimum Gasteiger partial charge on any atom is -0.397 e. The second-order valence-corrected chi connectivity index (χ2v) is 5.70. The molecule has 2 aromatic rings. The zero-order valence-electron chi connectivity index (χ0n) is 10.7. The number of hydrogen-bond acceptors (Lipinski definition) is 2. The van der Waals surface area contributed by atoms with E-state index in [4.69, 9.17) is 5.73 Å². The lowest BCUT2D eigenvalue weighted by atomic mass is 10.1. The largest absolute Gasteiger partial charge is 0.397 e. The van der Waals surface area contributed by atoms with Crippen LogP contribution >= 0.6 is 15.9 Å². The van der Waals surface area contributed by atoms with Gasteiger partial charge in [0.15, 0.2) is 0 Å². The number of nitrogen functional groups attached to an aromatic ring is 1. The summed E-state index contributed by atoms with van der Waals surface area (Å²) >= 11 is 3.09. The van der Waals surface area contributed by atoms with Crippen LogP contribution in [0.2, 0.25) is 0 Å². The maximum Gasteiger partial charge on any atom is 0.145 e.